The largest absolute Gasteiger partial charge is 0.496 e. The van der Waals surface area contributed by atoms with E-state index in [-0.39, 0.29) is 12.3 Å². The van der Waals surface area contributed by atoms with Gasteiger partial charge in [0, 0.05) is 16.6 Å². The molecule has 1 amide bonds. The molecule has 22 heavy (non-hydrogen) atoms. The van der Waals surface area contributed by atoms with Crippen molar-refractivity contribution in [2.75, 3.05) is 13.7 Å². The number of ether oxygens (including phenoxy) is 1. The number of nitrogens with zero attached hydrogens (tertiary/aromatic N) is 1. The normalized spacial score (nSPS) is 21.5. The summed E-state index contributed by atoms with van der Waals surface area (Å²) in [4.78, 5) is 25.5. The zero-order valence-electron chi connectivity index (χ0n) is 12.7. The fourth-order valence-corrected chi connectivity index (χ4v) is 3.23. The highest BCUT2D eigenvalue weighted by Gasteiger charge is 2.34. The van der Waals surface area contributed by atoms with Crippen LogP contribution in [0.5, 0.6) is 5.75 Å². The van der Waals surface area contributed by atoms with E-state index in [1.165, 1.54) is 4.90 Å². The Balaban J connectivity index is 2.17. The average Bonchev–Trinajstić information content (AvgIpc) is 2.47. The first-order valence-corrected chi connectivity index (χ1v) is 8.06. The lowest BCUT2D eigenvalue weighted by molar-refractivity contribution is -0.152. The van der Waals surface area contributed by atoms with Gasteiger partial charge in [0.2, 0.25) is 5.91 Å². The van der Waals surface area contributed by atoms with Gasteiger partial charge in [0.15, 0.2) is 0 Å². The first kappa shape index (κ1) is 16.8. The molecule has 2 atom stereocenters. The second-order valence-corrected chi connectivity index (χ2v) is 6.62. The van der Waals surface area contributed by atoms with Crippen molar-refractivity contribution in [3.8, 4) is 5.75 Å². The minimum Gasteiger partial charge on any atom is -0.496 e. The van der Waals surface area contributed by atoms with Crippen LogP contribution in [-0.2, 0) is 16.0 Å². The van der Waals surface area contributed by atoms with Crippen molar-refractivity contribution in [3.63, 3.8) is 0 Å². The van der Waals surface area contributed by atoms with Crippen LogP contribution < -0.4 is 4.74 Å². The molecular weight excluding hydrogens is 350 g/mol. The predicted octanol–water partition coefficient (Wildman–Crippen LogP) is 2.71. The van der Waals surface area contributed by atoms with E-state index < -0.39 is 12.0 Å². The molecule has 1 fully saturated rings. The number of halogens is 1. The number of aliphatic carboxylic acids is 1. The lowest BCUT2D eigenvalue weighted by atomic mass is 9.92. The van der Waals surface area contributed by atoms with Crippen molar-refractivity contribution in [2.24, 2.45) is 5.92 Å². The average molecular weight is 370 g/mol. The van der Waals surface area contributed by atoms with E-state index in [4.69, 9.17) is 4.74 Å². The van der Waals surface area contributed by atoms with E-state index in [0.717, 1.165) is 16.5 Å². The summed E-state index contributed by atoms with van der Waals surface area (Å²) in [5.74, 6) is -0.142. The van der Waals surface area contributed by atoms with Crippen LogP contribution >= 0.6 is 15.9 Å². The van der Waals surface area contributed by atoms with Crippen molar-refractivity contribution in [3.05, 3.63) is 28.2 Å². The van der Waals surface area contributed by atoms with E-state index in [1.54, 1.807) is 13.2 Å². The summed E-state index contributed by atoms with van der Waals surface area (Å²) in [5, 5.41) is 9.36. The smallest absolute Gasteiger partial charge is 0.326 e. The number of benzene rings is 1. The van der Waals surface area contributed by atoms with Crippen molar-refractivity contribution in [1.82, 2.24) is 4.90 Å². The van der Waals surface area contributed by atoms with Gasteiger partial charge in [0.05, 0.1) is 13.5 Å². The van der Waals surface area contributed by atoms with Gasteiger partial charge in [-0.2, -0.15) is 0 Å². The second kappa shape index (κ2) is 7.13. The zero-order chi connectivity index (χ0) is 16.3. The maximum absolute atomic E-state index is 12.6. The SMILES string of the molecule is COc1ccc(Br)cc1CC(=O)N1CCC(C)CC1C(=O)O. The van der Waals surface area contributed by atoms with Crippen LogP contribution in [0.25, 0.3) is 0 Å². The standard InChI is InChI=1S/C16H20BrNO4/c1-10-5-6-18(13(7-10)16(20)21)15(19)9-11-8-12(17)3-4-14(11)22-2/h3-4,8,10,13H,5-7,9H2,1-2H3,(H,20,21). The van der Waals surface area contributed by atoms with E-state index in [2.05, 4.69) is 15.9 Å². The van der Waals surface area contributed by atoms with Crippen molar-refractivity contribution >= 4 is 27.8 Å². The van der Waals surface area contributed by atoms with Crippen LogP contribution in [0.15, 0.2) is 22.7 Å². The zero-order valence-corrected chi connectivity index (χ0v) is 14.3. The highest BCUT2D eigenvalue weighted by molar-refractivity contribution is 9.10. The Hall–Kier alpha value is -1.56. The number of rotatable bonds is 4. The molecule has 1 aliphatic heterocycles. The van der Waals surface area contributed by atoms with Crippen LogP contribution in [0.1, 0.15) is 25.3 Å². The Labute approximate surface area is 138 Å². The Bertz CT molecular complexity index is 575. The lowest BCUT2D eigenvalue weighted by Crippen LogP contribution is -2.50. The Kier molecular flexibility index (Phi) is 5.45. The predicted molar refractivity (Wildman–Crippen MR) is 85.9 cm³/mol. The molecule has 120 valence electrons. The molecule has 0 radical (unpaired) electrons. The van der Waals surface area contributed by atoms with E-state index in [9.17, 15) is 14.7 Å². The molecule has 1 aromatic rings. The maximum Gasteiger partial charge on any atom is 0.326 e. The molecule has 0 saturated carbocycles. The molecule has 5 nitrogen and oxygen atoms in total. The van der Waals surface area contributed by atoms with Crippen molar-refractivity contribution in [2.45, 2.75) is 32.2 Å². The third-order valence-electron chi connectivity index (χ3n) is 4.05. The quantitative estimate of drug-likeness (QED) is 0.885. The summed E-state index contributed by atoms with van der Waals surface area (Å²) < 4.78 is 6.13. The fourth-order valence-electron chi connectivity index (χ4n) is 2.82. The van der Waals surface area contributed by atoms with Gasteiger partial charge in [-0.3, -0.25) is 4.79 Å². The van der Waals surface area contributed by atoms with Gasteiger partial charge < -0.3 is 14.7 Å². The highest BCUT2D eigenvalue weighted by Crippen LogP contribution is 2.27. The monoisotopic (exact) mass is 369 g/mol. The molecule has 1 aromatic carbocycles. The third kappa shape index (κ3) is 3.80. The molecule has 2 unspecified atom stereocenters. The first-order chi connectivity index (χ1) is 10.4. The lowest BCUT2D eigenvalue weighted by Gasteiger charge is -2.36. The van der Waals surface area contributed by atoms with E-state index in [1.807, 2.05) is 19.1 Å². The van der Waals surface area contributed by atoms with Crippen LogP contribution in [0.3, 0.4) is 0 Å². The number of hydrogen-bond donors (Lipinski definition) is 1. The molecule has 0 spiro atoms. The number of hydrogen-bond acceptors (Lipinski definition) is 3. The van der Waals surface area contributed by atoms with Gasteiger partial charge in [0.25, 0.3) is 0 Å². The molecule has 1 heterocycles. The first-order valence-electron chi connectivity index (χ1n) is 7.27. The van der Waals surface area contributed by atoms with Gasteiger partial charge in [-0.1, -0.05) is 22.9 Å². The number of methoxy groups -OCH3 is 1. The highest BCUT2D eigenvalue weighted by atomic mass is 79.9. The number of amides is 1. The molecule has 0 aliphatic carbocycles. The minimum atomic E-state index is -0.930. The number of carbonyl (C=O) groups excluding carboxylic acids is 1. The fraction of sp³-hybridized carbons (Fsp3) is 0.500. The maximum atomic E-state index is 12.6. The Morgan fingerprint density at radius 3 is 2.82 bits per heavy atom. The molecule has 1 aliphatic rings. The third-order valence-corrected chi connectivity index (χ3v) is 4.55. The minimum absolute atomic E-state index is 0.140. The Morgan fingerprint density at radius 2 is 2.18 bits per heavy atom. The summed E-state index contributed by atoms with van der Waals surface area (Å²) in [6, 6.07) is 4.74. The van der Waals surface area contributed by atoms with Gasteiger partial charge in [-0.15, -0.1) is 0 Å². The summed E-state index contributed by atoms with van der Waals surface area (Å²) in [5.41, 5.74) is 0.754. The molecule has 0 aromatic heterocycles. The van der Waals surface area contributed by atoms with Crippen molar-refractivity contribution in [1.29, 1.82) is 0 Å². The van der Waals surface area contributed by atoms with Crippen LogP contribution in [0.2, 0.25) is 0 Å². The molecule has 6 heteroatoms. The number of likely N-dealkylation sites (tertiary alicyclic amines) is 1. The summed E-state index contributed by atoms with van der Waals surface area (Å²) >= 11 is 3.38. The summed E-state index contributed by atoms with van der Waals surface area (Å²) in [6.07, 6.45) is 1.49. The number of carbonyl (C=O) groups is 2. The molecule has 1 N–H and O–H groups in total. The topological polar surface area (TPSA) is 66.8 Å². The van der Waals surface area contributed by atoms with Crippen LogP contribution in [0, 0.1) is 5.92 Å². The van der Waals surface area contributed by atoms with Crippen LogP contribution in [-0.4, -0.2) is 41.6 Å². The molecule has 1 saturated heterocycles. The van der Waals surface area contributed by atoms with Gasteiger partial charge >= 0.3 is 5.97 Å². The molecule has 0 bridgehead atoms. The van der Waals surface area contributed by atoms with Gasteiger partial charge in [-0.05, 0) is 37.0 Å². The van der Waals surface area contributed by atoms with Crippen molar-refractivity contribution < 1.29 is 19.4 Å². The van der Waals surface area contributed by atoms with Gasteiger partial charge in [0.1, 0.15) is 11.8 Å². The number of carboxylic acids is 1. The van der Waals surface area contributed by atoms with E-state index >= 15 is 0 Å². The van der Waals surface area contributed by atoms with E-state index in [0.29, 0.717) is 24.6 Å². The molecule has 2 rings (SSSR count). The molecular formula is C16H20BrNO4. The number of carboxylic acid groups (broad SMARTS) is 1. The van der Waals surface area contributed by atoms with Gasteiger partial charge in [-0.25, -0.2) is 4.79 Å². The second-order valence-electron chi connectivity index (χ2n) is 5.70. The number of piperidine rings is 1. The van der Waals surface area contributed by atoms with Crippen LogP contribution in [0.4, 0.5) is 0 Å². The summed E-state index contributed by atoms with van der Waals surface area (Å²) in [7, 11) is 1.56. The Morgan fingerprint density at radius 1 is 1.45 bits per heavy atom. The summed E-state index contributed by atoms with van der Waals surface area (Å²) in [6.45, 7) is 2.52.